The van der Waals surface area contributed by atoms with Crippen molar-refractivity contribution in [1.29, 1.82) is 0 Å². The van der Waals surface area contributed by atoms with Crippen molar-refractivity contribution in [2.45, 2.75) is 96.8 Å². The highest BCUT2D eigenvalue weighted by Gasteiger charge is 1.98. The largest absolute Gasteiger partial charge is 0.356 e. The van der Waals surface area contributed by atoms with Crippen LogP contribution in [0.15, 0.2) is 0 Å². The van der Waals surface area contributed by atoms with Gasteiger partial charge in [0, 0.05) is 13.0 Å². The topological polar surface area (TPSA) is 29.1 Å². The van der Waals surface area contributed by atoms with E-state index in [4.69, 9.17) is 0 Å². The molecule has 1 N–H and O–H groups in total. The number of nitrogens with one attached hydrogen (secondary N) is 1. The normalized spacial score (nSPS) is 10.7. The van der Waals surface area contributed by atoms with Gasteiger partial charge in [-0.2, -0.15) is 0 Å². The minimum atomic E-state index is 0.156. The van der Waals surface area contributed by atoms with Crippen molar-refractivity contribution >= 4 is 5.91 Å². The molecular formula is C18H36NO. The third-order valence-corrected chi connectivity index (χ3v) is 3.83. The summed E-state index contributed by atoms with van der Waals surface area (Å²) in [5, 5.41) is 2.74. The molecule has 0 rings (SSSR count). The van der Waals surface area contributed by atoms with Gasteiger partial charge in [-0.25, -0.2) is 0 Å². The van der Waals surface area contributed by atoms with Gasteiger partial charge in [-0.3, -0.25) is 4.79 Å². The number of rotatable bonds is 15. The Balaban J connectivity index is 3.01. The lowest BCUT2D eigenvalue weighted by molar-refractivity contribution is -0.121. The van der Waals surface area contributed by atoms with Crippen molar-refractivity contribution in [3.63, 3.8) is 0 Å². The van der Waals surface area contributed by atoms with E-state index in [0.29, 0.717) is 13.0 Å². The van der Waals surface area contributed by atoms with Gasteiger partial charge < -0.3 is 5.32 Å². The van der Waals surface area contributed by atoms with E-state index in [-0.39, 0.29) is 5.91 Å². The molecule has 0 unspecified atom stereocenters. The van der Waals surface area contributed by atoms with E-state index in [1.165, 1.54) is 77.0 Å². The summed E-state index contributed by atoms with van der Waals surface area (Å²) in [6.45, 7) is 6.39. The molecule has 119 valence electrons. The van der Waals surface area contributed by atoms with E-state index in [1.54, 1.807) is 0 Å². The highest BCUT2D eigenvalue weighted by Crippen LogP contribution is 2.12. The van der Waals surface area contributed by atoms with E-state index in [2.05, 4.69) is 19.2 Å². The molecule has 2 nitrogen and oxygen atoms in total. The Morgan fingerprint density at radius 3 is 1.55 bits per heavy atom. The van der Waals surface area contributed by atoms with Crippen molar-refractivity contribution in [2.24, 2.45) is 0 Å². The highest BCUT2D eigenvalue weighted by atomic mass is 16.1. The fourth-order valence-corrected chi connectivity index (χ4v) is 2.53. The third-order valence-electron chi connectivity index (χ3n) is 3.83. The molecule has 0 saturated heterocycles. The van der Waals surface area contributed by atoms with Crippen LogP contribution in [0.1, 0.15) is 96.8 Å². The average molecular weight is 282 g/mol. The predicted molar refractivity (Wildman–Crippen MR) is 88.7 cm³/mol. The Morgan fingerprint density at radius 2 is 1.15 bits per heavy atom. The van der Waals surface area contributed by atoms with Gasteiger partial charge in [-0.1, -0.05) is 84.0 Å². The lowest BCUT2D eigenvalue weighted by atomic mass is 10.0. The fourth-order valence-electron chi connectivity index (χ4n) is 2.53. The number of carbonyl (C=O) groups excluding carboxylic acids is 1. The van der Waals surface area contributed by atoms with E-state index in [0.717, 1.165) is 6.42 Å². The third kappa shape index (κ3) is 15.5. The highest BCUT2D eigenvalue weighted by molar-refractivity contribution is 5.75. The average Bonchev–Trinajstić information content (AvgIpc) is 2.44. The summed E-state index contributed by atoms with van der Waals surface area (Å²) in [6.07, 6.45) is 18.2. The Labute approximate surface area is 127 Å². The lowest BCUT2D eigenvalue weighted by Crippen LogP contribution is -2.22. The van der Waals surface area contributed by atoms with Crippen molar-refractivity contribution in [2.75, 3.05) is 6.54 Å². The first-order valence-corrected chi connectivity index (χ1v) is 8.87. The molecule has 1 amide bonds. The number of hydrogen-bond donors (Lipinski definition) is 1. The van der Waals surface area contributed by atoms with Gasteiger partial charge in [0.1, 0.15) is 0 Å². The number of carbonyl (C=O) groups is 1. The SMILES string of the molecule is [CH2]CNC(=O)CCCCCCCCCCCCCCC. The van der Waals surface area contributed by atoms with Crippen molar-refractivity contribution in [3.8, 4) is 0 Å². The second-order valence-corrected chi connectivity index (χ2v) is 5.84. The van der Waals surface area contributed by atoms with E-state index < -0.39 is 0 Å². The minimum absolute atomic E-state index is 0.156. The maximum atomic E-state index is 11.2. The Bertz CT molecular complexity index is 204. The number of unbranched alkanes of at least 4 members (excludes halogenated alkanes) is 12. The summed E-state index contributed by atoms with van der Waals surface area (Å²) in [5.41, 5.74) is 0. The molecule has 0 aliphatic heterocycles. The predicted octanol–water partition coefficient (Wildman–Crippen LogP) is 5.42. The molecule has 0 aromatic carbocycles. The molecule has 0 aromatic heterocycles. The molecular weight excluding hydrogens is 246 g/mol. The molecule has 0 atom stereocenters. The number of amides is 1. The minimum Gasteiger partial charge on any atom is -0.356 e. The molecule has 0 heterocycles. The zero-order valence-electron chi connectivity index (χ0n) is 13.7. The maximum Gasteiger partial charge on any atom is 0.219 e. The molecule has 0 aliphatic rings. The van der Waals surface area contributed by atoms with Crippen LogP contribution >= 0.6 is 0 Å². The summed E-state index contributed by atoms with van der Waals surface area (Å²) >= 11 is 0. The van der Waals surface area contributed by atoms with E-state index in [1.807, 2.05) is 0 Å². The first-order chi connectivity index (χ1) is 9.81. The molecule has 0 spiro atoms. The van der Waals surface area contributed by atoms with Crippen LogP contribution in [0, 0.1) is 6.92 Å². The monoisotopic (exact) mass is 282 g/mol. The van der Waals surface area contributed by atoms with Gasteiger partial charge in [0.2, 0.25) is 5.91 Å². The summed E-state index contributed by atoms with van der Waals surface area (Å²) in [6, 6.07) is 0. The summed E-state index contributed by atoms with van der Waals surface area (Å²) in [7, 11) is 0. The second kappa shape index (κ2) is 16.5. The van der Waals surface area contributed by atoms with Crippen LogP contribution in [-0.2, 0) is 4.79 Å². The maximum absolute atomic E-state index is 11.2. The van der Waals surface area contributed by atoms with Gasteiger partial charge in [-0.15, -0.1) is 0 Å². The quantitative estimate of drug-likeness (QED) is 0.399. The van der Waals surface area contributed by atoms with Crippen LogP contribution in [0.5, 0.6) is 0 Å². The summed E-state index contributed by atoms with van der Waals surface area (Å²) in [5.74, 6) is 0.156. The Kier molecular flexibility index (Phi) is 16.1. The standard InChI is InChI=1S/C18H36NO/c1-3-5-6-7-8-9-10-11-12-13-14-15-16-17-18(20)19-4-2/h2-17H2,1H3,(H,19,20). The van der Waals surface area contributed by atoms with Gasteiger partial charge >= 0.3 is 0 Å². The van der Waals surface area contributed by atoms with Gasteiger partial charge in [0.25, 0.3) is 0 Å². The van der Waals surface area contributed by atoms with Crippen LogP contribution in [0.3, 0.4) is 0 Å². The van der Waals surface area contributed by atoms with Crippen LogP contribution < -0.4 is 5.32 Å². The zero-order valence-corrected chi connectivity index (χ0v) is 13.7. The summed E-state index contributed by atoms with van der Waals surface area (Å²) in [4.78, 5) is 11.2. The first-order valence-electron chi connectivity index (χ1n) is 8.87. The Morgan fingerprint density at radius 1 is 0.750 bits per heavy atom. The van der Waals surface area contributed by atoms with Gasteiger partial charge in [0.05, 0.1) is 0 Å². The van der Waals surface area contributed by atoms with Gasteiger partial charge in [0.15, 0.2) is 0 Å². The van der Waals surface area contributed by atoms with Crippen molar-refractivity contribution < 1.29 is 4.79 Å². The second-order valence-electron chi connectivity index (χ2n) is 5.84. The molecule has 0 saturated carbocycles. The van der Waals surface area contributed by atoms with Crippen LogP contribution in [0.4, 0.5) is 0 Å². The smallest absolute Gasteiger partial charge is 0.219 e. The summed E-state index contributed by atoms with van der Waals surface area (Å²) < 4.78 is 0. The van der Waals surface area contributed by atoms with Crippen molar-refractivity contribution in [3.05, 3.63) is 6.92 Å². The van der Waals surface area contributed by atoms with Crippen LogP contribution in [0.2, 0.25) is 0 Å². The molecule has 0 fully saturated rings. The molecule has 0 aromatic rings. The molecule has 0 bridgehead atoms. The van der Waals surface area contributed by atoms with Crippen LogP contribution in [-0.4, -0.2) is 12.5 Å². The Hall–Kier alpha value is -0.530. The number of hydrogen-bond acceptors (Lipinski definition) is 1. The molecule has 20 heavy (non-hydrogen) atoms. The fraction of sp³-hybridized carbons (Fsp3) is 0.889. The zero-order chi connectivity index (χ0) is 14.9. The molecule has 1 radical (unpaired) electrons. The lowest BCUT2D eigenvalue weighted by Gasteiger charge is -2.03. The van der Waals surface area contributed by atoms with E-state index in [9.17, 15) is 4.79 Å². The molecule has 2 heteroatoms. The van der Waals surface area contributed by atoms with Gasteiger partial charge in [-0.05, 0) is 13.3 Å². The van der Waals surface area contributed by atoms with Crippen molar-refractivity contribution in [1.82, 2.24) is 5.32 Å². The van der Waals surface area contributed by atoms with Crippen LogP contribution in [0.25, 0.3) is 0 Å². The van der Waals surface area contributed by atoms with E-state index >= 15 is 0 Å². The molecule has 0 aliphatic carbocycles. The first kappa shape index (κ1) is 19.5.